The van der Waals surface area contributed by atoms with Crippen molar-refractivity contribution in [2.75, 3.05) is 18.5 Å². The summed E-state index contributed by atoms with van der Waals surface area (Å²) in [5, 5.41) is 0. The molecular formula is C14H18N2O2. The first-order chi connectivity index (χ1) is 8.59. The van der Waals surface area contributed by atoms with E-state index in [-0.39, 0.29) is 11.8 Å². The number of nitrogens with zero attached hydrogens (tertiary/aromatic N) is 2. The van der Waals surface area contributed by atoms with Gasteiger partial charge in [-0.1, -0.05) is 18.2 Å². The number of urea groups is 1. The quantitative estimate of drug-likeness (QED) is 0.818. The van der Waals surface area contributed by atoms with Gasteiger partial charge in [0.1, 0.15) is 5.78 Å². The normalized spacial score (nSPS) is 14.7. The number of fused-ring (bicyclic) bond motifs is 1. The maximum Gasteiger partial charge on any atom is 0.324 e. The van der Waals surface area contributed by atoms with E-state index in [9.17, 15) is 9.59 Å². The molecule has 0 aromatic heterocycles. The van der Waals surface area contributed by atoms with E-state index in [0.29, 0.717) is 25.9 Å². The molecule has 0 spiro atoms. The number of para-hydroxylation sites is 1. The molecular weight excluding hydrogens is 228 g/mol. The molecule has 0 radical (unpaired) electrons. The smallest absolute Gasteiger partial charge is 0.323 e. The van der Waals surface area contributed by atoms with Gasteiger partial charge in [-0.05, 0) is 25.0 Å². The first-order valence-electron chi connectivity index (χ1n) is 6.19. The number of benzene rings is 1. The summed E-state index contributed by atoms with van der Waals surface area (Å²) in [6, 6.07) is 7.94. The summed E-state index contributed by atoms with van der Waals surface area (Å²) in [5.74, 6) is 0.168. The predicted molar refractivity (Wildman–Crippen MR) is 70.6 cm³/mol. The zero-order chi connectivity index (χ0) is 13.1. The summed E-state index contributed by atoms with van der Waals surface area (Å²) in [6.45, 7) is 2.83. The summed E-state index contributed by atoms with van der Waals surface area (Å²) in [5.41, 5.74) is 2.13. The highest BCUT2D eigenvalue weighted by molar-refractivity contribution is 5.94. The van der Waals surface area contributed by atoms with Crippen LogP contribution in [0.15, 0.2) is 24.3 Å². The van der Waals surface area contributed by atoms with Crippen molar-refractivity contribution in [1.29, 1.82) is 0 Å². The average molecular weight is 246 g/mol. The SMILES string of the molecule is CC(=O)CCCN1C(=O)N(C)Cc2ccccc21. The van der Waals surface area contributed by atoms with E-state index in [2.05, 4.69) is 0 Å². The average Bonchev–Trinajstić information content (AvgIpc) is 2.33. The lowest BCUT2D eigenvalue weighted by molar-refractivity contribution is -0.117. The third-order valence-electron chi connectivity index (χ3n) is 3.16. The Labute approximate surface area is 107 Å². The fourth-order valence-electron chi connectivity index (χ4n) is 2.24. The number of hydrogen-bond acceptors (Lipinski definition) is 2. The minimum atomic E-state index is 0.0113. The van der Waals surface area contributed by atoms with Crippen LogP contribution < -0.4 is 4.90 Å². The van der Waals surface area contributed by atoms with Gasteiger partial charge in [-0.25, -0.2) is 4.79 Å². The third-order valence-corrected chi connectivity index (χ3v) is 3.16. The monoisotopic (exact) mass is 246 g/mol. The van der Waals surface area contributed by atoms with Crippen LogP contribution in [-0.2, 0) is 11.3 Å². The Morgan fingerprint density at radius 1 is 1.33 bits per heavy atom. The summed E-state index contributed by atoms with van der Waals surface area (Å²) >= 11 is 0. The lowest BCUT2D eigenvalue weighted by Crippen LogP contribution is -2.45. The second-order valence-electron chi connectivity index (χ2n) is 4.72. The number of amides is 2. The first kappa shape index (κ1) is 12.6. The van der Waals surface area contributed by atoms with Crippen LogP contribution in [0.25, 0.3) is 0 Å². The van der Waals surface area contributed by atoms with Crippen LogP contribution in [0.5, 0.6) is 0 Å². The molecule has 1 heterocycles. The molecule has 2 amide bonds. The summed E-state index contributed by atoms with van der Waals surface area (Å²) in [4.78, 5) is 26.6. The third kappa shape index (κ3) is 2.53. The predicted octanol–water partition coefficient (Wildman–Crippen LogP) is 2.43. The maximum absolute atomic E-state index is 12.1. The fourth-order valence-corrected chi connectivity index (χ4v) is 2.24. The molecule has 1 aliphatic rings. The highest BCUT2D eigenvalue weighted by Crippen LogP contribution is 2.27. The van der Waals surface area contributed by atoms with Crippen molar-refractivity contribution in [3.63, 3.8) is 0 Å². The molecule has 0 saturated heterocycles. The minimum absolute atomic E-state index is 0.0113. The molecule has 4 nitrogen and oxygen atoms in total. The van der Waals surface area contributed by atoms with Crippen molar-refractivity contribution in [3.05, 3.63) is 29.8 Å². The van der Waals surface area contributed by atoms with Crippen LogP contribution in [0.3, 0.4) is 0 Å². The number of carbonyl (C=O) groups excluding carboxylic acids is 2. The second-order valence-corrected chi connectivity index (χ2v) is 4.72. The largest absolute Gasteiger partial charge is 0.324 e. The van der Waals surface area contributed by atoms with Crippen molar-refractivity contribution >= 4 is 17.5 Å². The van der Waals surface area contributed by atoms with E-state index >= 15 is 0 Å². The van der Waals surface area contributed by atoms with Crippen molar-refractivity contribution in [3.8, 4) is 0 Å². The van der Waals surface area contributed by atoms with Gasteiger partial charge in [0.15, 0.2) is 0 Å². The van der Waals surface area contributed by atoms with Gasteiger partial charge in [0.2, 0.25) is 0 Å². The van der Waals surface area contributed by atoms with E-state index in [1.165, 1.54) is 0 Å². The maximum atomic E-state index is 12.1. The van der Waals surface area contributed by atoms with E-state index in [4.69, 9.17) is 0 Å². The van der Waals surface area contributed by atoms with Crippen molar-refractivity contribution < 1.29 is 9.59 Å². The van der Waals surface area contributed by atoms with E-state index in [1.54, 1.807) is 23.8 Å². The summed E-state index contributed by atoms with van der Waals surface area (Å²) < 4.78 is 0. The molecule has 18 heavy (non-hydrogen) atoms. The Bertz CT molecular complexity index is 471. The highest BCUT2D eigenvalue weighted by atomic mass is 16.2. The molecule has 2 rings (SSSR count). The van der Waals surface area contributed by atoms with Crippen LogP contribution in [0.2, 0.25) is 0 Å². The molecule has 0 aliphatic carbocycles. The molecule has 1 aromatic carbocycles. The lowest BCUT2D eigenvalue weighted by atomic mass is 10.1. The van der Waals surface area contributed by atoms with E-state index in [1.807, 2.05) is 24.3 Å². The molecule has 0 atom stereocenters. The Morgan fingerprint density at radius 2 is 2.06 bits per heavy atom. The summed E-state index contributed by atoms with van der Waals surface area (Å²) in [6.07, 6.45) is 1.24. The van der Waals surface area contributed by atoms with E-state index < -0.39 is 0 Å². The van der Waals surface area contributed by atoms with Gasteiger partial charge in [-0.2, -0.15) is 0 Å². The molecule has 0 saturated carbocycles. The van der Waals surface area contributed by atoms with Crippen LogP contribution in [-0.4, -0.2) is 30.3 Å². The van der Waals surface area contributed by atoms with Gasteiger partial charge in [-0.3, -0.25) is 4.90 Å². The van der Waals surface area contributed by atoms with Crippen LogP contribution in [0, 0.1) is 0 Å². The van der Waals surface area contributed by atoms with Gasteiger partial charge in [-0.15, -0.1) is 0 Å². The van der Waals surface area contributed by atoms with E-state index in [0.717, 1.165) is 11.3 Å². The molecule has 1 aromatic rings. The molecule has 0 fully saturated rings. The molecule has 0 N–H and O–H groups in total. The Kier molecular flexibility index (Phi) is 3.65. The van der Waals surface area contributed by atoms with Crippen LogP contribution in [0.1, 0.15) is 25.3 Å². The number of rotatable bonds is 4. The van der Waals surface area contributed by atoms with Crippen LogP contribution in [0.4, 0.5) is 10.5 Å². The Hall–Kier alpha value is -1.84. The second kappa shape index (κ2) is 5.21. The van der Waals surface area contributed by atoms with Crippen molar-refractivity contribution in [2.24, 2.45) is 0 Å². The highest BCUT2D eigenvalue weighted by Gasteiger charge is 2.26. The molecule has 0 unspecified atom stereocenters. The Balaban J connectivity index is 2.16. The minimum Gasteiger partial charge on any atom is -0.323 e. The van der Waals surface area contributed by atoms with Crippen molar-refractivity contribution in [1.82, 2.24) is 4.90 Å². The van der Waals surface area contributed by atoms with Gasteiger partial charge >= 0.3 is 6.03 Å². The molecule has 4 heteroatoms. The lowest BCUT2D eigenvalue weighted by Gasteiger charge is -2.35. The Morgan fingerprint density at radius 3 is 2.78 bits per heavy atom. The zero-order valence-corrected chi connectivity index (χ0v) is 10.8. The number of anilines is 1. The summed E-state index contributed by atoms with van der Waals surface area (Å²) in [7, 11) is 1.80. The number of ketones is 1. The molecule has 1 aliphatic heterocycles. The number of carbonyl (C=O) groups is 2. The number of hydrogen-bond donors (Lipinski definition) is 0. The van der Waals surface area contributed by atoms with Crippen molar-refractivity contribution in [2.45, 2.75) is 26.3 Å². The van der Waals surface area contributed by atoms with Crippen LogP contribution >= 0.6 is 0 Å². The first-order valence-corrected chi connectivity index (χ1v) is 6.19. The van der Waals surface area contributed by atoms with Gasteiger partial charge < -0.3 is 9.69 Å². The fraction of sp³-hybridized carbons (Fsp3) is 0.429. The molecule has 0 bridgehead atoms. The topological polar surface area (TPSA) is 40.6 Å². The zero-order valence-electron chi connectivity index (χ0n) is 10.8. The van der Waals surface area contributed by atoms with Gasteiger partial charge in [0.25, 0.3) is 0 Å². The van der Waals surface area contributed by atoms with Gasteiger partial charge in [0, 0.05) is 26.6 Å². The molecule has 96 valence electrons. The standard InChI is InChI=1S/C14H18N2O2/c1-11(17)6-5-9-16-13-8-4-3-7-12(13)10-15(2)14(16)18/h3-4,7-8H,5-6,9-10H2,1-2H3. The number of Topliss-reactive ketones (excluding diaryl/α,β-unsaturated/α-hetero) is 1. The van der Waals surface area contributed by atoms with Gasteiger partial charge in [0.05, 0.1) is 5.69 Å².